The third-order valence-corrected chi connectivity index (χ3v) is 3.77. The van der Waals surface area contributed by atoms with Crippen molar-refractivity contribution in [2.24, 2.45) is 5.92 Å². The summed E-state index contributed by atoms with van der Waals surface area (Å²) in [5, 5.41) is 5.26. The van der Waals surface area contributed by atoms with Crippen molar-refractivity contribution in [3.05, 3.63) is 36.7 Å². The number of halogens is 1. The maximum absolute atomic E-state index is 5.64. The Morgan fingerprint density at radius 3 is 2.79 bits per heavy atom. The van der Waals surface area contributed by atoms with Gasteiger partial charge in [0.15, 0.2) is 0 Å². The molecule has 0 saturated heterocycles. The van der Waals surface area contributed by atoms with E-state index in [0.717, 1.165) is 23.9 Å². The molecule has 1 aromatic heterocycles. The Morgan fingerprint density at radius 1 is 1.32 bits per heavy atom. The number of hydrogen-bond donors (Lipinski definition) is 0. The number of benzene rings is 1. The number of para-hydroxylation sites is 1. The van der Waals surface area contributed by atoms with E-state index in [1.807, 2.05) is 30.3 Å². The Kier molecular flexibility index (Phi) is 5.39. The largest absolute Gasteiger partial charge is 0.462 e. The van der Waals surface area contributed by atoms with Gasteiger partial charge in [0.05, 0.1) is 12.3 Å². The lowest BCUT2D eigenvalue weighted by Gasteiger charge is -2.11. The van der Waals surface area contributed by atoms with Gasteiger partial charge in [-0.25, -0.2) is 4.68 Å². The third-order valence-electron chi connectivity index (χ3n) is 2.85. The van der Waals surface area contributed by atoms with Crippen LogP contribution in [0.4, 0.5) is 0 Å². The van der Waals surface area contributed by atoms with Crippen LogP contribution in [-0.2, 0) is 0 Å². The van der Waals surface area contributed by atoms with E-state index >= 15 is 0 Å². The summed E-state index contributed by atoms with van der Waals surface area (Å²) in [4.78, 5) is 4.17. The van der Waals surface area contributed by atoms with E-state index in [2.05, 4.69) is 32.9 Å². The molecule has 4 nitrogen and oxygen atoms in total. The lowest BCUT2D eigenvalue weighted by molar-refractivity contribution is 0.237. The second-order valence-corrected chi connectivity index (χ2v) is 5.07. The van der Waals surface area contributed by atoms with Crippen LogP contribution in [0.25, 0.3) is 5.69 Å². The van der Waals surface area contributed by atoms with Crippen molar-refractivity contribution in [2.45, 2.75) is 19.8 Å². The van der Waals surface area contributed by atoms with Crippen molar-refractivity contribution in [2.75, 3.05) is 11.9 Å². The zero-order valence-electron chi connectivity index (χ0n) is 11.0. The monoisotopic (exact) mass is 323 g/mol. The van der Waals surface area contributed by atoms with Crippen LogP contribution in [0.15, 0.2) is 36.7 Å². The highest BCUT2D eigenvalue weighted by molar-refractivity contribution is 9.09. The Hall–Kier alpha value is -1.36. The van der Waals surface area contributed by atoms with Gasteiger partial charge in [-0.2, -0.15) is 4.98 Å². The topological polar surface area (TPSA) is 39.9 Å². The van der Waals surface area contributed by atoms with Gasteiger partial charge >= 0.3 is 6.01 Å². The van der Waals surface area contributed by atoms with E-state index < -0.39 is 0 Å². The Labute approximate surface area is 121 Å². The highest BCUT2D eigenvalue weighted by atomic mass is 79.9. The molecule has 1 heterocycles. The number of ether oxygens (including phenoxy) is 1. The third kappa shape index (κ3) is 4.06. The van der Waals surface area contributed by atoms with Crippen LogP contribution in [0, 0.1) is 5.92 Å². The summed E-state index contributed by atoms with van der Waals surface area (Å²) in [6.45, 7) is 2.83. The van der Waals surface area contributed by atoms with Gasteiger partial charge in [0, 0.05) is 11.2 Å². The molecular weight excluding hydrogens is 306 g/mol. The van der Waals surface area contributed by atoms with Gasteiger partial charge in [0.2, 0.25) is 0 Å². The maximum Gasteiger partial charge on any atom is 0.335 e. The maximum atomic E-state index is 5.64. The summed E-state index contributed by atoms with van der Waals surface area (Å²) in [6, 6.07) is 10.3. The first-order valence-corrected chi connectivity index (χ1v) is 7.61. The van der Waals surface area contributed by atoms with Crippen molar-refractivity contribution < 1.29 is 4.74 Å². The van der Waals surface area contributed by atoms with E-state index in [9.17, 15) is 0 Å². The van der Waals surface area contributed by atoms with E-state index in [1.165, 1.54) is 0 Å². The highest BCUT2D eigenvalue weighted by Gasteiger charge is 2.09. The fourth-order valence-corrected chi connectivity index (χ4v) is 2.34. The Balaban J connectivity index is 1.94. The fourth-order valence-electron chi connectivity index (χ4n) is 1.82. The molecular formula is C14H18BrN3O. The molecule has 0 spiro atoms. The van der Waals surface area contributed by atoms with Crippen LogP contribution in [0.1, 0.15) is 19.8 Å². The smallest absolute Gasteiger partial charge is 0.335 e. The molecule has 0 aliphatic rings. The molecule has 2 aromatic rings. The van der Waals surface area contributed by atoms with E-state index in [0.29, 0.717) is 18.5 Å². The minimum absolute atomic E-state index is 0.436. The minimum Gasteiger partial charge on any atom is -0.462 e. The molecule has 1 atom stereocenters. The molecule has 0 radical (unpaired) electrons. The molecule has 2 rings (SSSR count). The van der Waals surface area contributed by atoms with E-state index in [4.69, 9.17) is 4.74 Å². The number of hydrogen-bond acceptors (Lipinski definition) is 3. The number of rotatable bonds is 7. The molecule has 0 fully saturated rings. The first-order chi connectivity index (χ1) is 9.33. The predicted octanol–water partition coefficient (Wildman–Crippen LogP) is 3.46. The number of aromatic nitrogens is 3. The van der Waals surface area contributed by atoms with Crippen LogP contribution in [0.5, 0.6) is 6.01 Å². The molecule has 0 N–H and O–H groups in total. The first kappa shape index (κ1) is 14.1. The van der Waals surface area contributed by atoms with Crippen molar-refractivity contribution >= 4 is 15.9 Å². The summed E-state index contributed by atoms with van der Waals surface area (Å²) in [5.74, 6) is 0.508. The van der Waals surface area contributed by atoms with E-state index in [1.54, 1.807) is 11.0 Å². The predicted molar refractivity (Wildman–Crippen MR) is 79.0 cm³/mol. The standard InChI is InChI=1S/C14H18BrN3O/c1-2-6-12(9-15)10-19-14-16-11-18(17-14)13-7-4-3-5-8-13/h3-5,7-8,11-12H,2,6,9-10H2,1H3. The molecule has 1 aromatic carbocycles. The van der Waals surface area contributed by atoms with Crippen LogP contribution in [0.2, 0.25) is 0 Å². The van der Waals surface area contributed by atoms with Crippen molar-refractivity contribution in [1.29, 1.82) is 0 Å². The lowest BCUT2D eigenvalue weighted by Crippen LogP contribution is -2.14. The summed E-state index contributed by atoms with van der Waals surface area (Å²) >= 11 is 3.51. The second-order valence-electron chi connectivity index (χ2n) is 4.43. The Bertz CT molecular complexity index is 486. The molecule has 0 aliphatic heterocycles. The fraction of sp³-hybridized carbons (Fsp3) is 0.429. The zero-order chi connectivity index (χ0) is 13.5. The average molecular weight is 324 g/mol. The molecule has 102 valence electrons. The normalized spacial score (nSPS) is 12.3. The molecule has 5 heteroatoms. The quantitative estimate of drug-likeness (QED) is 0.732. The van der Waals surface area contributed by atoms with E-state index in [-0.39, 0.29) is 0 Å². The molecule has 0 amide bonds. The van der Waals surface area contributed by atoms with Crippen molar-refractivity contribution in [3.63, 3.8) is 0 Å². The van der Waals surface area contributed by atoms with Crippen molar-refractivity contribution in [1.82, 2.24) is 14.8 Å². The summed E-state index contributed by atoms with van der Waals surface area (Å²) in [6.07, 6.45) is 3.98. The van der Waals surface area contributed by atoms with Gasteiger partial charge in [-0.05, 0) is 18.6 Å². The van der Waals surface area contributed by atoms with Gasteiger partial charge in [-0.15, -0.1) is 5.10 Å². The molecule has 19 heavy (non-hydrogen) atoms. The number of alkyl halides is 1. The molecule has 0 aliphatic carbocycles. The van der Waals surface area contributed by atoms with Crippen LogP contribution < -0.4 is 4.74 Å². The van der Waals surface area contributed by atoms with Gasteiger partial charge in [-0.1, -0.05) is 47.5 Å². The zero-order valence-corrected chi connectivity index (χ0v) is 12.6. The van der Waals surface area contributed by atoms with Gasteiger partial charge in [-0.3, -0.25) is 0 Å². The summed E-state index contributed by atoms with van der Waals surface area (Å²) < 4.78 is 7.36. The van der Waals surface area contributed by atoms with Crippen LogP contribution in [0.3, 0.4) is 0 Å². The first-order valence-electron chi connectivity index (χ1n) is 6.49. The summed E-state index contributed by atoms with van der Waals surface area (Å²) in [5.41, 5.74) is 0.982. The summed E-state index contributed by atoms with van der Waals surface area (Å²) in [7, 11) is 0. The van der Waals surface area contributed by atoms with Gasteiger partial charge in [0.25, 0.3) is 0 Å². The number of nitrogens with zero attached hydrogens (tertiary/aromatic N) is 3. The SMILES string of the molecule is CCCC(CBr)COc1ncn(-c2ccccc2)n1. The average Bonchev–Trinajstić information content (AvgIpc) is 2.93. The molecule has 0 saturated carbocycles. The van der Waals surface area contributed by atoms with Crippen molar-refractivity contribution in [3.8, 4) is 11.7 Å². The van der Waals surface area contributed by atoms with Crippen LogP contribution >= 0.6 is 15.9 Å². The lowest BCUT2D eigenvalue weighted by atomic mass is 10.1. The van der Waals surface area contributed by atoms with Gasteiger partial charge < -0.3 is 4.74 Å². The van der Waals surface area contributed by atoms with Crippen LogP contribution in [-0.4, -0.2) is 26.7 Å². The minimum atomic E-state index is 0.436. The highest BCUT2D eigenvalue weighted by Crippen LogP contribution is 2.13. The van der Waals surface area contributed by atoms with Gasteiger partial charge in [0.1, 0.15) is 6.33 Å². The molecule has 0 bridgehead atoms. The molecule has 1 unspecified atom stereocenters. The Morgan fingerprint density at radius 2 is 2.11 bits per heavy atom. The second kappa shape index (κ2) is 7.28.